The van der Waals surface area contributed by atoms with Gasteiger partial charge in [-0.05, 0) is 0 Å². The van der Waals surface area contributed by atoms with Crippen LogP contribution in [0.1, 0.15) is 6.42 Å². The molecule has 0 bridgehead atoms. The number of nitrogens with zero attached hydrogens (tertiary/aromatic N) is 2. The normalized spacial score (nSPS) is 9.42. The minimum Gasteiger partial charge on any atom is -0.475 e. The molecule has 0 unspecified atom stereocenters. The first kappa shape index (κ1) is 8.60. The van der Waals surface area contributed by atoms with Crippen molar-refractivity contribution in [2.45, 2.75) is 6.42 Å². The molecule has 0 aromatic carbocycles. The Bertz CT molecular complexity index is 281. The summed E-state index contributed by atoms with van der Waals surface area (Å²) in [6, 6.07) is 0. The Balaban J connectivity index is 2.57. The van der Waals surface area contributed by atoms with Gasteiger partial charge in [-0.15, -0.1) is 12.3 Å². The lowest BCUT2D eigenvalue weighted by atomic mass is 10.5. The standard InChI is InChI=1S/C8H9FN2O/c1-3-4-5-12-8-7(9)6-10-11(8)2/h1,6H,4-5H2,2H3. The Kier molecular flexibility index (Phi) is 2.70. The smallest absolute Gasteiger partial charge is 0.248 e. The molecule has 1 heterocycles. The summed E-state index contributed by atoms with van der Waals surface area (Å²) in [6.07, 6.45) is 6.56. The van der Waals surface area contributed by atoms with Crippen molar-refractivity contribution in [3.8, 4) is 18.2 Å². The molecule has 0 aliphatic carbocycles. The van der Waals surface area contributed by atoms with Crippen LogP contribution in [0.25, 0.3) is 0 Å². The summed E-state index contributed by atoms with van der Waals surface area (Å²) in [7, 11) is 1.61. The number of hydrogen-bond acceptors (Lipinski definition) is 2. The van der Waals surface area contributed by atoms with E-state index in [0.717, 1.165) is 6.20 Å². The van der Waals surface area contributed by atoms with E-state index in [4.69, 9.17) is 11.2 Å². The lowest BCUT2D eigenvalue weighted by Crippen LogP contribution is -2.02. The predicted molar refractivity (Wildman–Crippen MR) is 42.1 cm³/mol. The van der Waals surface area contributed by atoms with Crippen molar-refractivity contribution in [3.05, 3.63) is 12.0 Å². The van der Waals surface area contributed by atoms with Gasteiger partial charge in [-0.25, -0.2) is 4.68 Å². The zero-order valence-corrected chi connectivity index (χ0v) is 6.75. The van der Waals surface area contributed by atoms with Gasteiger partial charge >= 0.3 is 0 Å². The van der Waals surface area contributed by atoms with Gasteiger partial charge in [0.15, 0.2) is 0 Å². The SMILES string of the molecule is C#CCCOc1c(F)cnn1C. The third kappa shape index (κ3) is 1.76. The van der Waals surface area contributed by atoms with Crippen molar-refractivity contribution < 1.29 is 9.13 Å². The molecule has 0 amide bonds. The molecule has 0 aliphatic rings. The number of aryl methyl sites for hydroxylation is 1. The van der Waals surface area contributed by atoms with Gasteiger partial charge in [0.1, 0.15) is 6.61 Å². The Morgan fingerprint density at radius 2 is 2.58 bits per heavy atom. The van der Waals surface area contributed by atoms with E-state index in [1.165, 1.54) is 4.68 Å². The van der Waals surface area contributed by atoms with Gasteiger partial charge in [-0.2, -0.15) is 9.49 Å². The van der Waals surface area contributed by atoms with Gasteiger partial charge < -0.3 is 4.74 Å². The molecule has 1 aromatic heterocycles. The third-order valence-corrected chi connectivity index (χ3v) is 1.33. The van der Waals surface area contributed by atoms with E-state index in [2.05, 4.69) is 11.0 Å². The van der Waals surface area contributed by atoms with Crippen LogP contribution in [0.2, 0.25) is 0 Å². The van der Waals surface area contributed by atoms with Crippen LogP contribution in [-0.2, 0) is 7.05 Å². The van der Waals surface area contributed by atoms with Gasteiger partial charge in [-0.1, -0.05) is 0 Å². The highest BCUT2D eigenvalue weighted by Gasteiger charge is 2.07. The summed E-state index contributed by atoms with van der Waals surface area (Å²) in [4.78, 5) is 0. The molecule has 0 saturated carbocycles. The number of ether oxygens (including phenoxy) is 1. The molecule has 3 nitrogen and oxygen atoms in total. The van der Waals surface area contributed by atoms with Gasteiger partial charge in [0, 0.05) is 13.5 Å². The van der Waals surface area contributed by atoms with E-state index in [9.17, 15) is 4.39 Å². The van der Waals surface area contributed by atoms with Crippen LogP contribution in [0.3, 0.4) is 0 Å². The molecule has 1 rings (SSSR count). The maximum atomic E-state index is 12.8. The molecule has 64 valence electrons. The highest BCUT2D eigenvalue weighted by molar-refractivity contribution is 5.10. The zero-order chi connectivity index (χ0) is 8.97. The molecule has 0 fully saturated rings. The first-order valence-electron chi connectivity index (χ1n) is 3.49. The molecular formula is C8H9FN2O. The molecule has 12 heavy (non-hydrogen) atoms. The number of aromatic nitrogens is 2. The second-order valence-corrected chi connectivity index (χ2v) is 2.22. The minimum absolute atomic E-state index is 0.130. The Labute approximate surface area is 70.1 Å². The fraction of sp³-hybridized carbons (Fsp3) is 0.375. The summed E-state index contributed by atoms with van der Waals surface area (Å²) in [6.45, 7) is 0.312. The molecule has 4 heteroatoms. The quantitative estimate of drug-likeness (QED) is 0.496. The Morgan fingerprint density at radius 1 is 1.83 bits per heavy atom. The van der Waals surface area contributed by atoms with Crippen LogP contribution in [0.4, 0.5) is 4.39 Å². The largest absolute Gasteiger partial charge is 0.475 e. The van der Waals surface area contributed by atoms with Crippen molar-refractivity contribution in [2.75, 3.05) is 6.61 Å². The maximum absolute atomic E-state index is 12.8. The summed E-state index contributed by atoms with van der Waals surface area (Å²) in [5, 5.41) is 3.66. The van der Waals surface area contributed by atoms with E-state index in [1.807, 2.05) is 0 Å². The van der Waals surface area contributed by atoms with Crippen LogP contribution < -0.4 is 4.74 Å². The fourth-order valence-electron chi connectivity index (χ4n) is 0.769. The summed E-state index contributed by atoms with van der Waals surface area (Å²) in [5.74, 6) is 2.06. The van der Waals surface area contributed by atoms with Crippen molar-refractivity contribution >= 4 is 0 Å². The predicted octanol–water partition coefficient (Wildman–Crippen LogP) is 0.961. The van der Waals surface area contributed by atoms with Gasteiger partial charge in [-0.3, -0.25) is 0 Å². The van der Waals surface area contributed by atoms with Crippen LogP contribution in [0.5, 0.6) is 5.88 Å². The number of halogens is 1. The van der Waals surface area contributed by atoms with E-state index in [-0.39, 0.29) is 5.88 Å². The van der Waals surface area contributed by atoms with Gasteiger partial charge in [0.05, 0.1) is 6.20 Å². The van der Waals surface area contributed by atoms with Gasteiger partial charge in [0.2, 0.25) is 11.7 Å². The lowest BCUT2D eigenvalue weighted by Gasteiger charge is -2.02. The third-order valence-electron chi connectivity index (χ3n) is 1.33. The van der Waals surface area contributed by atoms with Crippen molar-refractivity contribution in [2.24, 2.45) is 7.05 Å². The number of hydrogen-bond donors (Lipinski definition) is 0. The lowest BCUT2D eigenvalue weighted by molar-refractivity contribution is 0.283. The van der Waals surface area contributed by atoms with E-state index in [0.29, 0.717) is 13.0 Å². The summed E-state index contributed by atoms with van der Waals surface area (Å²) >= 11 is 0. The number of terminal acetylenes is 1. The average molecular weight is 168 g/mol. The second kappa shape index (κ2) is 3.77. The second-order valence-electron chi connectivity index (χ2n) is 2.22. The zero-order valence-electron chi connectivity index (χ0n) is 6.75. The van der Waals surface area contributed by atoms with Gasteiger partial charge in [0.25, 0.3) is 0 Å². The molecule has 0 atom stereocenters. The summed E-state index contributed by atoms with van der Waals surface area (Å²) in [5.41, 5.74) is 0. The Morgan fingerprint density at radius 3 is 3.08 bits per heavy atom. The summed E-state index contributed by atoms with van der Waals surface area (Å²) < 4.78 is 19.1. The van der Waals surface area contributed by atoms with Crippen molar-refractivity contribution in [3.63, 3.8) is 0 Å². The molecule has 0 saturated heterocycles. The molecule has 0 spiro atoms. The first-order chi connectivity index (χ1) is 5.75. The van der Waals surface area contributed by atoms with Crippen molar-refractivity contribution in [1.29, 1.82) is 0 Å². The van der Waals surface area contributed by atoms with Crippen LogP contribution in [0.15, 0.2) is 6.20 Å². The van der Waals surface area contributed by atoms with E-state index >= 15 is 0 Å². The van der Waals surface area contributed by atoms with E-state index < -0.39 is 5.82 Å². The number of rotatable bonds is 3. The molecule has 0 N–H and O–H groups in total. The fourth-order valence-corrected chi connectivity index (χ4v) is 0.769. The van der Waals surface area contributed by atoms with Crippen LogP contribution in [0, 0.1) is 18.2 Å². The van der Waals surface area contributed by atoms with Crippen LogP contribution >= 0.6 is 0 Å². The molecule has 0 aliphatic heterocycles. The van der Waals surface area contributed by atoms with Crippen LogP contribution in [-0.4, -0.2) is 16.4 Å². The highest BCUT2D eigenvalue weighted by atomic mass is 19.1. The molecule has 1 aromatic rings. The maximum Gasteiger partial charge on any atom is 0.248 e. The van der Waals surface area contributed by atoms with E-state index in [1.54, 1.807) is 7.05 Å². The Hall–Kier alpha value is -1.50. The average Bonchev–Trinajstić information content (AvgIpc) is 2.35. The molecule has 0 radical (unpaired) electrons. The monoisotopic (exact) mass is 168 g/mol. The highest BCUT2D eigenvalue weighted by Crippen LogP contribution is 2.13. The van der Waals surface area contributed by atoms with Crippen molar-refractivity contribution in [1.82, 2.24) is 9.78 Å². The molecular weight excluding hydrogens is 159 g/mol. The topological polar surface area (TPSA) is 27.1 Å². The first-order valence-corrected chi connectivity index (χ1v) is 3.49. The minimum atomic E-state index is -0.463.